The van der Waals surface area contributed by atoms with Crippen LogP contribution in [-0.4, -0.2) is 87.5 Å². The first-order valence-electron chi connectivity index (χ1n) is 24.0. The van der Waals surface area contributed by atoms with Gasteiger partial charge in [-0.05, 0) is 70.6 Å². The zero-order valence-electron chi connectivity index (χ0n) is 37.5. The van der Waals surface area contributed by atoms with Crippen LogP contribution < -0.4 is 5.32 Å². The van der Waals surface area contributed by atoms with Crippen LogP contribution in [0.1, 0.15) is 194 Å². The van der Waals surface area contributed by atoms with Gasteiger partial charge in [0.2, 0.25) is 5.91 Å². The Hall–Kier alpha value is -2.11. The molecule has 1 rings (SSSR count). The van der Waals surface area contributed by atoms with Crippen LogP contribution in [0, 0.1) is 0 Å². The number of amides is 1. The summed E-state index contributed by atoms with van der Waals surface area (Å²) in [5.41, 5.74) is 0. The molecule has 0 radical (unpaired) electrons. The first-order chi connectivity index (χ1) is 28.8. The minimum absolute atomic E-state index is 0.205. The summed E-state index contributed by atoms with van der Waals surface area (Å²) in [5.74, 6) is -0.205. The topological polar surface area (TPSA) is 149 Å². The van der Waals surface area contributed by atoms with E-state index in [1.807, 2.05) is 6.08 Å². The summed E-state index contributed by atoms with van der Waals surface area (Å²) in [4.78, 5) is 12.9. The largest absolute Gasteiger partial charge is 0.394 e. The predicted molar refractivity (Wildman–Crippen MR) is 244 cm³/mol. The van der Waals surface area contributed by atoms with Gasteiger partial charge in [-0.2, -0.15) is 0 Å². The molecule has 0 aromatic heterocycles. The number of hydrogen-bond donors (Lipinski definition) is 6. The molecule has 0 aromatic carbocycles. The molecule has 7 atom stereocenters. The summed E-state index contributed by atoms with van der Waals surface area (Å²) in [6.45, 7) is 3.71. The van der Waals surface area contributed by atoms with E-state index in [0.717, 1.165) is 70.6 Å². The van der Waals surface area contributed by atoms with Crippen LogP contribution in [0.15, 0.2) is 60.8 Å². The number of allylic oxidation sites excluding steroid dienone is 9. The van der Waals surface area contributed by atoms with Crippen molar-refractivity contribution in [3.63, 3.8) is 0 Å². The van der Waals surface area contributed by atoms with Crippen molar-refractivity contribution < 1.29 is 39.8 Å². The minimum atomic E-state index is -1.58. The zero-order chi connectivity index (χ0) is 43.0. The van der Waals surface area contributed by atoms with Crippen molar-refractivity contribution in [2.24, 2.45) is 0 Å². The average molecular weight is 832 g/mol. The third-order valence-electron chi connectivity index (χ3n) is 11.1. The smallest absolute Gasteiger partial charge is 0.220 e. The lowest BCUT2D eigenvalue weighted by atomic mass is 9.99. The van der Waals surface area contributed by atoms with Crippen LogP contribution in [0.3, 0.4) is 0 Å². The molecule has 0 aliphatic carbocycles. The Morgan fingerprint density at radius 2 is 1.02 bits per heavy atom. The standard InChI is InChI=1S/C50H89NO8/c1-3-5-7-9-11-13-15-17-19-20-21-22-23-24-26-27-29-31-33-35-37-39-44(53)43(42-58-50-49(57)48(56)47(55)45(41-52)59-50)51-46(54)40-38-36-34-32-30-28-25-18-16-14-12-10-8-6-4-2/h12,14,16,18,23-24,29,31,37,39,43-45,47-50,52-53,55-57H,3-11,13,15,17,19-22,25-28,30,32-36,38,40-42H2,1-2H3,(H,51,54)/b14-12-,18-16-,24-23+,31-29+,39-37+. The van der Waals surface area contributed by atoms with Gasteiger partial charge >= 0.3 is 0 Å². The zero-order valence-corrected chi connectivity index (χ0v) is 37.5. The van der Waals surface area contributed by atoms with Crippen LogP contribution in [0.2, 0.25) is 0 Å². The van der Waals surface area contributed by atoms with Crippen LogP contribution in [0.4, 0.5) is 0 Å². The molecule has 1 amide bonds. The highest BCUT2D eigenvalue weighted by molar-refractivity contribution is 5.76. The highest BCUT2D eigenvalue weighted by Crippen LogP contribution is 2.22. The lowest BCUT2D eigenvalue weighted by Gasteiger charge is -2.40. The van der Waals surface area contributed by atoms with Crippen molar-refractivity contribution >= 4 is 5.91 Å². The van der Waals surface area contributed by atoms with Gasteiger partial charge in [0.25, 0.3) is 0 Å². The maximum atomic E-state index is 12.9. The summed E-state index contributed by atoms with van der Waals surface area (Å²) in [6, 6.07) is -0.835. The lowest BCUT2D eigenvalue weighted by Crippen LogP contribution is -2.60. The Morgan fingerprint density at radius 3 is 1.56 bits per heavy atom. The number of carbonyl (C=O) groups excluding carboxylic acids is 1. The van der Waals surface area contributed by atoms with E-state index < -0.39 is 49.5 Å². The van der Waals surface area contributed by atoms with E-state index in [1.165, 1.54) is 103 Å². The number of nitrogens with one attached hydrogen (secondary N) is 1. The highest BCUT2D eigenvalue weighted by atomic mass is 16.7. The summed E-state index contributed by atoms with van der Waals surface area (Å²) in [6.07, 6.45) is 45.5. The van der Waals surface area contributed by atoms with Crippen LogP contribution in [-0.2, 0) is 14.3 Å². The molecule has 1 aliphatic rings. The summed E-state index contributed by atoms with van der Waals surface area (Å²) in [7, 11) is 0. The number of ether oxygens (including phenoxy) is 2. The second kappa shape index (κ2) is 40.0. The third-order valence-corrected chi connectivity index (χ3v) is 11.1. The van der Waals surface area contributed by atoms with E-state index in [0.29, 0.717) is 6.42 Å². The van der Waals surface area contributed by atoms with Gasteiger partial charge in [0.05, 0.1) is 25.4 Å². The maximum Gasteiger partial charge on any atom is 0.220 e. The van der Waals surface area contributed by atoms with Gasteiger partial charge in [0.1, 0.15) is 24.4 Å². The van der Waals surface area contributed by atoms with Crippen molar-refractivity contribution in [2.45, 2.75) is 236 Å². The molecule has 0 saturated carbocycles. The van der Waals surface area contributed by atoms with Crippen molar-refractivity contribution in [1.82, 2.24) is 5.32 Å². The van der Waals surface area contributed by atoms with E-state index >= 15 is 0 Å². The van der Waals surface area contributed by atoms with Crippen LogP contribution in [0.5, 0.6) is 0 Å². The molecule has 1 saturated heterocycles. The quantitative estimate of drug-likeness (QED) is 0.0204. The molecule has 0 bridgehead atoms. The number of carbonyl (C=O) groups is 1. The molecule has 1 fully saturated rings. The SMILES string of the molecule is CCCCC/C=C\C=C/CCCCCCCCC(=O)NC(COC1OC(CO)C(O)C(O)C1O)C(O)/C=C/CC/C=C/CC/C=C/CCCCCCCCCCCCC. The van der Waals surface area contributed by atoms with Gasteiger partial charge in [0.15, 0.2) is 6.29 Å². The fraction of sp³-hybridized carbons (Fsp3) is 0.780. The fourth-order valence-electron chi connectivity index (χ4n) is 7.18. The van der Waals surface area contributed by atoms with Crippen LogP contribution >= 0.6 is 0 Å². The first-order valence-corrected chi connectivity index (χ1v) is 24.0. The molecule has 6 N–H and O–H groups in total. The molecule has 9 heteroatoms. The number of aliphatic hydroxyl groups excluding tert-OH is 5. The van der Waals surface area contributed by atoms with Gasteiger partial charge in [-0.3, -0.25) is 4.79 Å². The molecule has 1 heterocycles. The molecule has 9 nitrogen and oxygen atoms in total. The van der Waals surface area contributed by atoms with Gasteiger partial charge < -0.3 is 40.3 Å². The Bertz CT molecular complexity index is 1100. The molecule has 59 heavy (non-hydrogen) atoms. The molecule has 0 aromatic rings. The molecule has 7 unspecified atom stereocenters. The molecular formula is C50H89NO8. The number of unbranched alkanes of at least 4 members (excludes halogenated alkanes) is 22. The Kier molecular flexibility index (Phi) is 37.2. The van der Waals surface area contributed by atoms with Crippen molar-refractivity contribution in [3.05, 3.63) is 60.8 Å². The summed E-state index contributed by atoms with van der Waals surface area (Å²) < 4.78 is 11.2. The van der Waals surface area contributed by atoms with E-state index in [-0.39, 0.29) is 12.5 Å². The van der Waals surface area contributed by atoms with E-state index in [1.54, 1.807) is 6.08 Å². The number of aliphatic hydroxyl groups is 5. The van der Waals surface area contributed by atoms with E-state index in [2.05, 4.69) is 67.8 Å². The monoisotopic (exact) mass is 832 g/mol. The minimum Gasteiger partial charge on any atom is -0.394 e. The van der Waals surface area contributed by atoms with Crippen LogP contribution in [0.25, 0.3) is 0 Å². The molecule has 342 valence electrons. The maximum absolute atomic E-state index is 12.9. The third kappa shape index (κ3) is 30.6. The van der Waals surface area contributed by atoms with Gasteiger partial charge in [-0.1, -0.05) is 177 Å². The van der Waals surface area contributed by atoms with Gasteiger partial charge in [0, 0.05) is 6.42 Å². The Morgan fingerprint density at radius 1 is 0.576 bits per heavy atom. The average Bonchev–Trinajstić information content (AvgIpc) is 3.23. The Labute approximate surface area is 360 Å². The Balaban J connectivity index is 2.39. The molecular weight excluding hydrogens is 743 g/mol. The lowest BCUT2D eigenvalue weighted by molar-refractivity contribution is -0.302. The second-order valence-corrected chi connectivity index (χ2v) is 16.6. The fourth-order valence-corrected chi connectivity index (χ4v) is 7.18. The summed E-state index contributed by atoms with van der Waals surface area (Å²) >= 11 is 0. The van der Waals surface area contributed by atoms with Crippen molar-refractivity contribution in [2.75, 3.05) is 13.2 Å². The van der Waals surface area contributed by atoms with Gasteiger partial charge in [-0.15, -0.1) is 0 Å². The summed E-state index contributed by atoms with van der Waals surface area (Å²) in [5, 5.41) is 54.2. The van der Waals surface area contributed by atoms with E-state index in [4.69, 9.17) is 9.47 Å². The number of hydrogen-bond acceptors (Lipinski definition) is 8. The molecule has 0 spiro atoms. The van der Waals surface area contributed by atoms with E-state index in [9.17, 15) is 30.3 Å². The second-order valence-electron chi connectivity index (χ2n) is 16.6. The number of rotatable bonds is 39. The van der Waals surface area contributed by atoms with Crippen molar-refractivity contribution in [1.29, 1.82) is 0 Å². The molecule has 1 aliphatic heterocycles. The van der Waals surface area contributed by atoms with Crippen molar-refractivity contribution in [3.8, 4) is 0 Å². The normalized spacial score (nSPS) is 21.2. The highest BCUT2D eigenvalue weighted by Gasteiger charge is 2.44. The predicted octanol–water partition coefficient (Wildman–Crippen LogP) is 10.4. The first kappa shape index (κ1) is 54.9. The van der Waals surface area contributed by atoms with Gasteiger partial charge in [-0.25, -0.2) is 0 Å².